The maximum Gasteiger partial charge on any atom is 0.316 e. The summed E-state index contributed by atoms with van der Waals surface area (Å²) in [7, 11) is 1.70. The summed E-state index contributed by atoms with van der Waals surface area (Å²) in [6, 6.07) is 9.50. The number of benzene rings is 1. The molecule has 0 unspecified atom stereocenters. The summed E-state index contributed by atoms with van der Waals surface area (Å²) >= 11 is 1.23. The molecular formula is C19H26N4O3S. The number of nitrogens with two attached hydrogens (primary N) is 2. The highest BCUT2D eigenvalue weighted by molar-refractivity contribution is 7.18. The van der Waals surface area contributed by atoms with Crippen LogP contribution < -0.4 is 16.8 Å². The molecule has 5 N–H and O–H groups in total. The second kappa shape index (κ2) is 9.50. The number of primary amides is 2. The average Bonchev–Trinajstić information content (AvgIpc) is 3.02. The number of thiophene rings is 1. The highest BCUT2D eigenvalue weighted by atomic mass is 32.1. The number of hydrogen-bond acceptors (Lipinski definition) is 5. The van der Waals surface area contributed by atoms with E-state index in [2.05, 4.69) is 36.2 Å². The van der Waals surface area contributed by atoms with Gasteiger partial charge in [-0.3, -0.25) is 9.69 Å². The van der Waals surface area contributed by atoms with E-state index in [1.165, 1.54) is 16.9 Å². The van der Waals surface area contributed by atoms with Crippen LogP contribution in [0.1, 0.15) is 29.1 Å². The first-order chi connectivity index (χ1) is 12.8. The Bertz CT molecular complexity index is 787. The molecule has 2 rings (SSSR count). The summed E-state index contributed by atoms with van der Waals surface area (Å²) in [5, 5.41) is 2.44. The molecule has 0 bridgehead atoms. The molecule has 7 nitrogen and oxygen atoms in total. The van der Waals surface area contributed by atoms with Gasteiger partial charge >= 0.3 is 6.03 Å². The summed E-state index contributed by atoms with van der Waals surface area (Å²) in [6.07, 6.45) is 0. The molecule has 0 saturated heterocycles. The maximum absolute atomic E-state index is 11.6. The molecule has 0 aliphatic heterocycles. The van der Waals surface area contributed by atoms with Crippen LogP contribution in [-0.2, 0) is 11.3 Å². The van der Waals surface area contributed by atoms with Crippen molar-refractivity contribution < 1.29 is 14.3 Å². The highest BCUT2D eigenvalue weighted by Gasteiger charge is 2.16. The number of carbonyl (C=O) groups is 2. The number of nitrogens with one attached hydrogen (secondary N) is 1. The molecule has 1 aromatic heterocycles. The number of urea groups is 1. The zero-order valence-electron chi connectivity index (χ0n) is 15.8. The van der Waals surface area contributed by atoms with Crippen molar-refractivity contribution >= 4 is 29.0 Å². The van der Waals surface area contributed by atoms with E-state index in [-0.39, 0.29) is 4.88 Å². The van der Waals surface area contributed by atoms with Crippen LogP contribution in [0.5, 0.6) is 0 Å². The number of nitrogens with zero attached hydrogens (tertiary/aromatic N) is 1. The molecular weight excluding hydrogens is 364 g/mol. The summed E-state index contributed by atoms with van der Waals surface area (Å²) in [4.78, 5) is 26.2. The predicted molar refractivity (Wildman–Crippen MR) is 109 cm³/mol. The average molecular weight is 391 g/mol. The van der Waals surface area contributed by atoms with Gasteiger partial charge in [-0.05, 0) is 31.0 Å². The molecule has 2 aromatic rings. The number of ether oxygens (including phenoxy) is 1. The van der Waals surface area contributed by atoms with Crippen molar-refractivity contribution in [3.63, 3.8) is 0 Å². The molecule has 0 spiro atoms. The van der Waals surface area contributed by atoms with Gasteiger partial charge in [0.2, 0.25) is 0 Å². The zero-order chi connectivity index (χ0) is 20.0. The van der Waals surface area contributed by atoms with Crippen LogP contribution >= 0.6 is 11.3 Å². The minimum Gasteiger partial charge on any atom is -0.383 e. The van der Waals surface area contributed by atoms with Crippen LogP contribution in [-0.4, -0.2) is 43.1 Å². The summed E-state index contributed by atoms with van der Waals surface area (Å²) in [6.45, 7) is 6.71. The minimum absolute atomic E-state index is 0.276. The van der Waals surface area contributed by atoms with Gasteiger partial charge in [0.25, 0.3) is 5.91 Å². The van der Waals surface area contributed by atoms with Crippen LogP contribution in [0.15, 0.2) is 30.3 Å². The van der Waals surface area contributed by atoms with Crippen molar-refractivity contribution in [1.29, 1.82) is 0 Å². The normalized spacial score (nSPS) is 11.1. The van der Waals surface area contributed by atoms with Gasteiger partial charge in [-0.25, -0.2) is 4.79 Å². The fourth-order valence-electron chi connectivity index (χ4n) is 2.68. The van der Waals surface area contributed by atoms with Crippen LogP contribution in [0, 0.1) is 0 Å². The van der Waals surface area contributed by atoms with Gasteiger partial charge in [-0.2, -0.15) is 0 Å². The first kappa shape index (κ1) is 20.9. The van der Waals surface area contributed by atoms with E-state index in [0.29, 0.717) is 18.3 Å². The number of methoxy groups -OCH3 is 1. The summed E-state index contributed by atoms with van der Waals surface area (Å²) < 4.78 is 5.18. The Kier molecular flexibility index (Phi) is 7.35. The van der Waals surface area contributed by atoms with Gasteiger partial charge in [0.1, 0.15) is 4.88 Å². The minimum atomic E-state index is -0.734. The van der Waals surface area contributed by atoms with Crippen LogP contribution in [0.4, 0.5) is 10.5 Å². The van der Waals surface area contributed by atoms with E-state index >= 15 is 0 Å². The number of hydrogen-bond donors (Lipinski definition) is 3. The molecule has 0 aliphatic carbocycles. The molecule has 1 aromatic carbocycles. The number of carbonyl (C=O) groups excluding carboxylic acids is 2. The quantitative estimate of drug-likeness (QED) is 0.611. The molecule has 3 amide bonds. The van der Waals surface area contributed by atoms with Crippen molar-refractivity contribution in [3.05, 3.63) is 40.8 Å². The van der Waals surface area contributed by atoms with Gasteiger partial charge in [-0.1, -0.05) is 24.3 Å². The van der Waals surface area contributed by atoms with Gasteiger partial charge in [0.05, 0.1) is 12.3 Å². The lowest BCUT2D eigenvalue weighted by Crippen LogP contribution is -2.33. The molecule has 0 aliphatic rings. The van der Waals surface area contributed by atoms with E-state index in [4.69, 9.17) is 16.2 Å². The molecule has 27 heavy (non-hydrogen) atoms. The van der Waals surface area contributed by atoms with E-state index in [1.54, 1.807) is 13.2 Å². The summed E-state index contributed by atoms with van der Waals surface area (Å²) in [5.74, 6) is -0.600. The van der Waals surface area contributed by atoms with Gasteiger partial charge < -0.3 is 21.5 Å². The third-order valence-corrected chi connectivity index (χ3v) is 5.35. The molecule has 0 fully saturated rings. The monoisotopic (exact) mass is 390 g/mol. The topological polar surface area (TPSA) is 111 Å². The van der Waals surface area contributed by atoms with Gasteiger partial charge in [-0.15, -0.1) is 11.3 Å². The van der Waals surface area contributed by atoms with Crippen molar-refractivity contribution in [2.45, 2.75) is 26.4 Å². The largest absolute Gasteiger partial charge is 0.383 e. The molecule has 146 valence electrons. The molecule has 1 heterocycles. The van der Waals surface area contributed by atoms with Crippen LogP contribution in [0.3, 0.4) is 0 Å². The first-order valence-corrected chi connectivity index (χ1v) is 9.45. The third kappa shape index (κ3) is 5.78. The zero-order valence-corrected chi connectivity index (χ0v) is 16.6. The van der Waals surface area contributed by atoms with Crippen molar-refractivity contribution in [1.82, 2.24) is 4.90 Å². The summed E-state index contributed by atoms with van der Waals surface area (Å²) in [5.41, 5.74) is 13.0. The Morgan fingerprint density at radius 1 is 1.22 bits per heavy atom. The lowest BCUT2D eigenvalue weighted by Gasteiger charge is -2.26. The Labute approximate surface area is 163 Å². The predicted octanol–water partition coefficient (Wildman–Crippen LogP) is 2.86. The standard InChI is InChI=1S/C19H26N4O3S/c1-12(2)23(8-9-26-3)11-13-4-6-14(7-5-13)16-10-15(22-19(21)25)17(27-16)18(20)24/h4-7,10,12H,8-9,11H2,1-3H3,(H2,20,24)(H3,21,22,25). The van der Waals surface area contributed by atoms with Gasteiger partial charge in [0, 0.05) is 31.1 Å². The van der Waals surface area contributed by atoms with Crippen molar-refractivity contribution in [2.24, 2.45) is 11.5 Å². The third-order valence-electron chi connectivity index (χ3n) is 4.15. The Morgan fingerprint density at radius 3 is 2.41 bits per heavy atom. The molecule has 0 radical (unpaired) electrons. The van der Waals surface area contributed by atoms with Gasteiger partial charge in [0.15, 0.2) is 0 Å². The fraction of sp³-hybridized carbons (Fsp3) is 0.368. The van der Waals surface area contributed by atoms with Crippen molar-refractivity contribution in [3.8, 4) is 10.4 Å². The SMILES string of the molecule is COCCN(Cc1ccc(-c2cc(NC(N)=O)c(C(N)=O)s2)cc1)C(C)C. The first-order valence-electron chi connectivity index (χ1n) is 8.64. The lowest BCUT2D eigenvalue weighted by atomic mass is 10.1. The number of anilines is 1. The van der Waals surface area contributed by atoms with Crippen LogP contribution in [0.2, 0.25) is 0 Å². The molecule has 0 atom stereocenters. The van der Waals surface area contributed by atoms with Crippen LogP contribution in [0.25, 0.3) is 10.4 Å². The van der Waals surface area contributed by atoms with E-state index in [9.17, 15) is 9.59 Å². The molecule has 0 saturated carbocycles. The number of amides is 3. The smallest absolute Gasteiger partial charge is 0.316 e. The van der Waals surface area contributed by atoms with E-state index in [0.717, 1.165) is 23.5 Å². The maximum atomic E-state index is 11.6. The highest BCUT2D eigenvalue weighted by Crippen LogP contribution is 2.34. The second-order valence-electron chi connectivity index (χ2n) is 6.46. The Hall–Kier alpha value is -2.42. The Morgan fingerprint density at radius 2 is 1.89 bits per heavy atom. The Balaban J connectivity index is 2.19. The lowest BCUT2D eigenvalue weighted by molar-refractivity contribution is 0.100. The van der Waals surface area contributed by atoms with E-state index in [1.807, 2.05) is 12.1 Å². The van der Waals surface area contributed by atoms with Crippen molar-refractivity contribution in [2.75, 3.05) is 25.6 Å². The number of rotatable bonds is 9. The fourth-order valence-corrected chi connectivity index (χ4v) is 3.65. The molecule has 8 heteroatoms. The second-order valence-corrected chi connectivity index (χ2v) is 7.51. The van der Waals surface area contributed by atoms with E-state index < -0.39 is 11.9 Å².